The molecule has 2 aromatic rings. The minimum absolute atomic E-state index is 0.0422. The molecule has 2 aliphatic rings. The molecule has 0 radical (unpaired) electrons. The highest BCUT2D eigenvalue weighted by atomic mass is 19.1. The van der Waals surface area contributed by atoms with E-state index in [-0.39, 0.29) is 24.9 Å². The summed E-state index contributed by atoms with van der Waals surface area (Å²) in [6, 6.07) is 8.40. The molecular formula is C19H15FN2O5. The molecule has 0 atom stereocenters. The first kappa shape index (κ1) is 16.9. The third kappa shape index (κ3) is 3.17. The van der Waals surface area contributed by atoms with Crippen LogP contribution >= 0.6 is 0 Å². The third-order valence-electron chi connectivity index (χ3n) is 4.24. The van der Waals surface area contributed by atoms with Crippen molar-refractivity contribution in [2.24, 2.45) is 0 Å². The number of hydrogen-bond donors (Lipinski definition) is 1. The minimum Gasteiger partial charge on any atom is -0.496 e. The smallest absolute Gasteiger partial charge is 0.329 e. The maximum absolute atomic E-state index is 13.0. The number of fused-ring (bicyclic) bond motifs is 1. The number of carbonyl (C=O) groups excluding carboxylic acids is 2. The zero-order valence-corrected chi connectivity index (χ0v) is 14.3. The summed E-state index contributed by atoms with van der Waals surface area (Å²) in [6.07, 6.45) is 1.52. The molecule has 1 saturated heterocycles. The summed E-state index contributed by atoms with van der Waals surface area (Å²) < 4.78 is 29.0. The van der Waals surface area contributed by atoms with Crippen LogP contribution in [0.3, 0.4) is 0 Å². The molecule has 0 unspecified atom stereocenters. The van der Waals surface area contributed by atoms with E-state index < -0.39 is 11.9 Å². The van der Waals surface area contributed by atoms with E-state index in [0.717, 1.165) is 4.90 Å². The van der Waals surface area contributed by atoms with Gasteiger partial charge in [0.15, 0.2) is 11.5 Å². The molecular weight excluding hydrogens is 355 g/mol. The molecule has 3 amide bonds. The van der Waals surface area contributed by atoms with Gasteiger partial charge in [-0.2, -0.15) is 0 Å². The molecule has 1 N–H and O–H groups in total. The molecule has 2 aliphatic heterocycles. The number of imide groups is 1. The van der Waals surface area contributed by atoms with Crippen molar-refractivity contribution in [1.82, 2.24) is 10.2 Å². The van der Waals surface area contributed by atoms with Crippen molar-refractivity contribution in [1.29, 1.82) is 0 Å². The molecule has 0 saturated carbocycles. The van der Waals surface area contributed by atoms with Gasteiger partial charge in [0.25, 0.3) is 5.91 Å². The Morgan fingerprint density at radius 1 is 1.19 bits per heavy atom. The zero-order chi connectivity index (χ0) is 19.0. The van der Waals surface area contributed by atoms with Gasteiger partial charge in [-0.05, 0) is 29.8 Å². The summed E-state index contributed by atoms with van der Waals surface area (Å²) in [6.45, 7) is 0.153. The second-order valence-corrected chi connectivity index (χ2v) is 5.95. The van der Waals surface area contributed by atoms with Gasteiger partial charge in [0.2, 0.25) is 6.79 Å². The molecule has 7 nitrogen and oxygen atoms in total. The molecule has 2 aromatic carbocycles. The second kappa shape index (κ2) is 6.64. The van der Waals surface area contributed by atoms with Gasteiger partial charge < -0.3 is 19.5 Å². The Bertz CT molecular complexity index is 955. The Morgan fingerprint density at radius 2 is 1.89 bits per heavy atom. The van der Waals surface area contributed by atoms with E-state index in [0.29, 0.717) is 28.4 Å². The molecule has 0 aromatic heterocycles. The van der Waals surface area contributed by atoms with Crippen molar-refractivity contribution < 1.29 is 28.2 Å². The summed E-state index contributed by atoms with van der Waals surface area (Å²) in [4.78, 5) is 25.9. The number of nitrogens with zero attached hydrogens (tertiary/aromatic N) is 1. The summed E-state index contributed by atoms with van der Waals surface area (Å²) in [5, 5.41) is 2.55. The van der Waals surface area contributed by atoms with Crippen LogP contribution in [0.1, 0.15) is 11.1 Å². The number of methoxy groups -OCH3 is 1. The predicted octanol–water partition coefficient (Wildman–Crippen LogP) is 2.66. The summed E-state index contributed by atoms with van der Waals surface area (Å²) in [7, 11) is 1.50. The Hall–Kier alpha value is -3.55. The van der Waals surface area contributed by atoms with E-state index in [2.05, 4.69) is 5.32 Å². The van der Waals surface area contributed by atoms with Crippen molar-refractivity contribution in [3.05, 3.63) is 59.0 Å². The lowest BCUT2D eigenvalue weighted by atomic mass is 10.1. The average Bonchev–Trinajstić information content (AvgIpc) is 3.22. The molecule has 4 rings (SSSR count). The summed E-state index contributed by atoms with van der Waals surface area (Å²) in [5.74, 6) is 0.692. The van der Waals surface area contributed by atoms with Crippen molar-refractivity contribution in [3.63, 3.8) is 0 Å². The van der Waals surface area contributed by atoms with E-state index in [4.69, 9.17) is 14.2 Å². The van der Waals surface area contributed by atoms with E-state index in [1.165, 1.54) is 37.5 Å². The van der Waals surface area contributed by atoms with Crippen molar-refractivity contribution in [2.75, 3.05) is 13.9 Å². The Morgan fingerprint density at radius 3 is 2.59 bits per heavy atom. The molecule has 8 heteroatoms. The second-order valence-electron chi connectivity index (χ2n) is 5.95. The number of hydrogen-bond acceptors (Lipinski definition) is 5. The number of ether oxygens (including phenoxy) is 3. The first-order valence-corrected chi connectivity index (χ1v) is 8.12. The van der Waals surface area contributed by atoms with Gasteiger partial charge in [-0.1, -0.05) is 12.1 Å². The number of nitrogens with one attached hydrogen (secondary N) is 1. The maximum Gasteiger partial charge on any atom is 0.329 e. The van der Waals surface area contributed by atoms with Crippen LogP contribution in [0.2, 0.25) is 0 Å². The number of carbonyl (C=O) groups is 2. The number of rotatable bonds is 4. The highest BCUT2D eigenvalue weighted by Gasteiger charge is 2.34. The van der Waals surface area contributed by atoms with Gasteiger partial charge in [-0.25, -0.2) is 9.18 Å². The standard InChI is InChI=1S/C19H15FN2O5/c1-25-15-8-17-16(26-10-27-17)7-12(15)6-14-18(23)22(19(24)21-14)9-11-2-4-13(20)5-3-11/h2-8H,9-10H2,1H3,(H,21,24). The van der Waals surface area contributed by atoms with E-state index in [1.54, 1.807) is 12.1 Å². The number of amides is 3. The first-order chi connectivity index (χ1) is 13.0. The van der Waals surface area contributed by atoms with Crippen LogP contribution in [0.15, 0.2) is 42.1 Å². The fraction of sp³-hybridized carbons (Fsp3) is 0.158. The van der Waals surface area contributed by atoms with Gasteiger partial charge in [0, 0.05) is 11.6 Å². The quantitative estimate of drug-likeness (QED) is 0.661. The van der Waals surface area contributed by atoms with E-state index >= 15 is 0 Å². The van der Waals surface area contributed by atoms with Gasteiger partial charge in [-0.15, -0.1) is 0 Å². The Kier molecular flexibility index (Phi) is 4.15. The zero-order valence-electron chi connectivity index (χ0n) is 14.3. The molecule has 138 valence electrons. The molecule has 0 bridgehead atoms. The lowest BCUT2D eigenvalue weighted by molar-refractivity contribution is -0.123. The van der Waals surface area contributed by atoms with Gasteiger partial charge in [0.05, 0.1) is 13.7 Å². The van der Waals surface area contributed by atoms with Crippen molar-refractivity contribution >= 4 is 18.0 Å². The number of urea groups is 1. The van der Waals surface area contributed by atoms with Crippen molar-refractivity contribution in [2.45, 2.75) is 6.54 Å². The molecule has 0 spiro atoms. The highest BCUT2D eigenvalue weighted by Crippen LogP contribution is 2.39. The Labute approximate surface area is 153 Å². The lowest BCUT2D eigenvalue weighted by Crippen LogP contribution is -2.30. The maximum atomic E-state index is 13.0. The van der Waals surface area contributed by atoms with Gasteiger partial charge >= 0.3 is 6.03 Å². The molecule has 2 heterocycles. The lowest BCUT2D eigenvalue weighted by Gasteiger charge is -2.11. The molecule has 1 fully saturated rings. The van der Waals surface area contributed by atoms with E-state index in [1.807, 2.05) is 0 Å². The largest absolute Gasteiger partial charge is 0.496 e. The predicted molar refractivity (Wildman–Crippen MR) is 92.6 cm³/mol. The first-order valence-electron chi connectivity index (χ1n) is 8.12. The topological polar surface area (TPSA) is 77.1 Å². The van der Waals surface area contributed by atoms with Gasteiger partial charge in [-0.3, -0.25) is 9.69 Å². The van der Waals surface area contributed by atoms with Crippen LogP contribution in [0.25, 0.3) is 6.08 Å². The van der Waals surface area contributed by atoms with Crippen LogP contribution < -0.4 is 19.5 Å². The number of halogens is 1. The molecule has 27 heavy (non-hydrogen) atoms. The Balaban J connectivity index is 1.61. The molecule has 0 aliphatic carbocycles. The van der Waals surface area contributed by atoms with Crippen molar-refractivity contribution in [3.8, 4) is 17.2 Å². The van der Waals surface area contributed by atoms with Crippen LogP contribution in [0, 0.1) is 5.82 Å². The van der Waals surface area contributed by atoms with Crippen LogP contribution in [0.5, 0.6) is 17.2 Å². The average molecular weight is 370 g/mol. The minimum atomic E-state index is -0.546. The number of benzene rings is 2. The SMILES string of the molecule is COc1cc2c(cc1C=C1NC(=O)N(Cc3ccc(F)cc3)C1=O)OCO2. The monoisotopic (exact) mass is 370 g/mol. The highest BCUT2D eigenvalue weighted by molar-refractivity contribution is 6.14. The fourth-order valence-electron chi connectivity index (χ4n) is 2.87. The third-order valence-corrected chi connectivity index (χ3v) is 4.24. The van der Waals surface area contributed by atoms with Crippen LogP contribution in [0.4, 0.5) is 9.18 Å². The van der Waals surface area contributed by atoms with Gasteiger partial charge in [0.1, 0.15) is 17.3 Å². The van der Waals surface area contributed by atoms with E-state index in [9.17, 15) is 14.0 Å². The summed E-state index contributed by atoms with van der Waals surface area (Å²) >= 11 is 0. The fourth-order valence-corrected chi connectivity index (χ4v) is 2.87. The van der Waals surface area contributed by atoms with Crippen LogP contribution in [-0.4, -0.2) is 30.7 Å². The summed E-state index contributed by atoms with van der Waals surface area (Å²) in [5.41, 5.74) is 1.31. The van der Waals surface area contributed by atoms with Crippen LogP contribution in [-0.2, 0) is 11.3 Å². The normalized spacial score (nSPS) is 16.8.